The fourth-order valence-corrected chi connectivity index (χ4v) is 1.81. The Hall–Kier alpha value is -0.850. The van der Waals surface area contributed by atoms with Crippen molar-refractivity contribution in [1.82, 2.24) is 5.32 Å². The molecular weight excluding hydrogens is 165 g/mol. The molecule has 0 amide bonds. The van der Waals surface area contributed by atoms with Crippen molar-refractivity contribution >= 4 is 0 Å². The van der Waals surface area contributed by atoms with Crippen LogP contribution in [0.4, 0.5) is 4.39 Å². The minimum absolute atomic E-state index is 0.397. The van der Waals surface area contributed by atoms with Gasteiger partial charge in [0.25, 0.3) is 0 Å². The molecule has 2 unspecified atom stereocenters. The molecule has 0 spiro atoms. The van der Waals surface area contributed by atoms with Gasteiger partial charge in [0.05, 0.1) is 0 Å². The van der Waals surface area contributed by atoms with Crippen LogP contribution in [0.3, 0.4) is 0 Å². The SMILES string of the molecule is FC1C=C=C(C2CCCCN2)C=C1. The van der Waals surface area contributed by atoms with E-state index in [-0.39, 0.29) is 0 Å². The number of alkyl halides is 1. The van der Waals surface area contributed by atoms with Gasteiger partial charge in [-0.2, -0.15) is 0 Å². The molecule has 1 aliphatic heterocycles. The van der Waals surface area contributed by atoms with E-state index in [0.717, 1.165) is 18.5 Å². The first kappa shape index (κ1) is 8.74. The van der Waals surface area contributed by atoms with E-state index in [1.807, 2.05) is 6.08 Å². The maximum absolute atomic E-state index is 12.7. The lowest BCUT2D eigenvalue weighted by Crippen LogP contribution is -2.35. The Bertz CT molecular complexity index is 268. The number of rotatable bonds is 1. The van der Waals surface area contributed by atoms with Crippen LogP contribution in [0.2, 0.25) is 0 Å². The van der Waals surface area contributed by atoms with Crippen molar-refractivity contribution in [3.05, 3.63) is 29.5 Å². The van der Waals surface area contributed by atoms with Gasteiger partial charge in [0.2, 0.25) is 0 Å². The lowest BCUT2D eigenvalue weighted by atomic mass is 9.96. The highest BCUT2D eigenvalue weighted by molar-refractivity contribution is 5.30. The summed E-state index contributed by atoms with van der Waals surface area (Å²) in [5.74, 6) is 0. The highest BCUT2D eigenvalue weighted by Gasteiger charge is 2.16. The van der Waals surface area contributed by atoms with Gasteiger partial charge in [0.1, 0.15) is 6.17 Å². The Labute approximate surface area is 78.0 Å². The number of nitrogens with one attached hydrogen (secondary N) is 1. The first-order valence-electron chi connectivity index (χ1n) is 4.88. The highest BCUT2D eigenvalue weighted by Crippen LogP contribution is 2.17. The maximum atomic E-state index is 12.7. The second-order valence-electron chi connectivity index (χ2n) is 3.57. The number of allylic oxidation sites excluding steroid dienone is 1. The zero-order valence-corrected chi connectivity index (χ0v) is 7.59. The quantitative estimate of drug-likeness (QED) is 0.608. The van der Waals surface area contributed by atoms with Crippen LogP contribution in [0.25, 0.3) is 0 Å². The van der Waals surface area contributed by atoms with Crippen molar-refractivity contribution in [3.8, 4) is 0 Å². The summed E-state index contributed by atoms with van der Waals surface area (Å²) in [6.45, 7) is 1.07. The van der Waals surface area contributed by atoms with E-state index in [4.69, 9.17) is 0 Å². The summed E-state index contributed by atoms with van der Waals surface area (Å²) in [7, 11) is 0. The van der Waals surface area contributed by atoms with Gasteiger partial charge in [0, 0.05) is 11.6 Å². The van der Waals surface area contributed by atoms with Crippen LogP contribution in [-0.2, 0) is 0 Å². The standard InChI is InChI=1S/C11H14FN/c12-10-6-4-9(5-7-10)11-3-1-2-8-13-11/h4,6-7,10-11,13H,1-3,8H2. The lowest BCUT2D eigenvalue weighted by Gasteiger charge is -2.24. The summed E-state index contributed by atoms with van der Waals surface area (Å²) in [5.41, 5.74) is 4.11. The predicted octanol–water partition coefficient (Wildman–Crippen LogP) is 2.12. The number of hydrogen-bond donors (Lipinski definition) is 1. The Morgan fingerprint density at radius 3 is 3.00 bits per heavy atom. The second kappa shape index (κ2) is 3.91. The molecule has 70 valence electrons. The minimum atomic E-state index is -0.938. The molecule has 0 bridgehead atoms. The van der Waals surface area contributed by atoms with E-state index in [1.165, 1.54) is 18.9 Å². The van der Waals surface area contributed by atoms with Gasteiger partial charge < -0.3 is 5.32 Å². The van der Waals surface area contributed by atoms with Crippen LogP contribution in [0.5, 0.6) is 0 Å². The van der Waals surface area contributed by atoms with E-state index < -0.39 is 6.17 Å². The number of halogens is 1. The molecule has 1 heterocycles. The van der Waals surface area contributed by atoms with E-state index in [9.17, 15) is 4.39 Å². The Morgan fingerprint density at radius 1 is 1.46 bits per heavy atom. The molecule has 1 N–H and O–H groups in total. The maximum Gasteiger partial charge on any atom is 0.144 e. The van der Waals surface area contributed by atoms with Crippen molar-refractivity contribution in [2.75, 3.05) is 6.54 Å². The van der Waals surface area contributed by atoms with Crippen molar-refractivity contribution in [3.63, 3.8) is 0 Å². The Morgan fingerprint density at radius 2 is 2.38 bits per heavy atom. The molecule has 0 saturated carbocycles. The van der Waals surface area contributed by atoms with Crippen molar-refractivity contribution in [1.29, 1.82) is 0 Å². The van der Waals surface area contributed by atoms with Gasteiger partial charge in [-0.25, -0.2) is 4.39 Å². The van der Waals surface area contributed by atoms with Gasteiger partial charge in [-0.05, 0) is 31.5 Å². The molecule has 0 aromatic rings. The molecule has 0 aromatic heterocycles. The van der Waals surface area contributed by atoms with Crippen LogP contribution < -0.4 is 5.32 Å². The van der Waals surface area contributed by atoms with E-state index in [1.54, 1.807) is 6.08 Å². The van der Waals surface area contributed by atoms with E-state index in [2.05, 4.69) is 11.0 Å². The molecule has 0 radical (unpaired) electrons. The van der Waals surface area contributed by atoms with E-state index >= 15 is 0 Å². The summed E-state index contributed by atoms with van der Waals surface area (Å²) in [6, 6.07) is 0.397. The van der Waals surface area contributed by atoms with Crippen molar-refractivity contribution in [2.45, 2.75) is 31.5 Å². The fraction of sp³-hybridized carbons (Fsp3) is 0.545. The molecule has 2 rings (SSSR count). The molecule has 0 aromatic carbocycles. The molecule has 2 heteroatoms. The zero-order chi connectivity index (χ0) is 9.10. The zero-order valence-electron chi connectivity index (χ0n) is 7.59. The number of hydrogen-bond acceptors (Lipinski definition) is 1. The number of piperidine rings is 1. The van der Waals surface area contributed by atoms with E-state index in [0.29, 0.717) is 6.04 Å². The summed E-state index contributed by atoms with van der Waals surface area (Å²) in [5, 5.41) is 3.41. The van der Waals surface area contributed by atoms with Crippen LogP contribution in [-0.4, -0.2) is 18.8 Å². The monoisotopic (exact) mass is 179 g/mol. The largest absolute Gasteiger partial charge is 0.309 e. The minimum Gasteiger partial charge on any atom is -0.309 e. The summed E-state index contributed by atoms with van der Waals surface area (Å²) >= 11 is 0. The molecule has 2 aliphatic rings. The van der Waals surface area contributed by atoms with Crippen LogP contribution in [0.1, 0.15) is 19.3 Å². The molecule has 13 heavy (non-hydrogen) atoms. The van der Waals surface area contributed by atoms with Crippen molar-refractivity contribution in [2.24, 2.45) is 0 Å². The second-order valence-corrected chi connectivity index (χ2v) is 3.57. The van der Waals surface area contributed by atoms with Crippen molar-refractivity contribution < 1.29 is 4.39 Å². The third-order valence-electron chi connectivity index (χ3n) is 2.55. The molecule has 2 atom stereocenters. The Kier molecular flexibility index (Phi) is 2.62. The van der Waals surface area contributed by atoms with Gasteiger partial charge in [-0.3, -0.25) is 0 Å². The molecule has 1 aliphatic carbocycles. The van der Waals surface area contributed by atoms with Crippen LogP contribution in [0.15, 0.2) is 29.5 Å². The summed E-state index contributed by atoms with van der Waals surface area (Å²) in [6.07, 6.45) is 7.66. The van der Waals surface area contributed by atoms with Gasteiger partial charge in [-0.1, -0.05) is 12.5 Å². The smallest absolute Gasteiger partial charge is 0.144 e. The van der Waals surface area contributed by atoms with Gasteiger partial charge in [-0.15, -0.1) is 5.73 Å². The molecular formula is C11H14FN. The normalized spacial score (nSPS) is 33.2. The first-order valence-corrected chi connectivity index (χ1v) is 4.88. The molecule has 1 nitrogen and oxygen atoms in total. The topological polar surface area (TPSA) is 12.0 Å². The third kappa shape index (κ3) is 2.09. The van der Waals surface area contributed by atoms with Crippen LogP contribution >= 0.6 is 0 Å². The third-order valence-corrected chi connectivity index (χ3v) is 2.55. The first-order chi connectivity index (χ1) is 6.36. The Balaban J connectivity index is 2.08. The van der Waals surface area contributed by atoms with Gasteiger partial charge >= 0.3 is 0 Å². The highest BCUT2D eigenvalue weighted by atomic mass is 19.1. The lowest BCUT2D eigenvalue weighted by molar-refractivity contribution is 0.439. The summed E-state index contributed by atoms with van der Waals surface area (Å²) < 4.78 is 12.7. The molecule has 1 fully saturated rings. The predicted molar refractivity (Wildman–Crippen MR) is 51.3 cm³/mol. The van der Waals surface area contributed by atoms with Crippen LogP contribution in [0, 0.1) is 0 Å². The average Bonchev–Trinajstić information content (AvgIpc) is 2.20. The average molecular weight is 179 g/mol. The fourth-order valence-electron chi connectivity index (χ4n) is 1.81. The van der Waals surface area contributed by atoms with Gasteiger partial charge in [0.15, 0.2) is 0 Å². The summed E-state index contributed by atoms with van der Waals surface area (Å²) in [4.78, 5) is 0. The molecule has 1 saturated heterocycles.